The van der Waals surface area contributed by atoms with E-state index in [0.717, 1.165) is 0 Å². The Morgan fingerprint density at radius 3 is 0.945 bits per heavy atom. The van der Waals surface area contributed by atoms with Crippen LogP contribution >= 0.6 is 0 Å². The Morgan fingerprint density at radius 2 is 0.589 bits per heavy atom. The Labute approximate surface area is 426 Å². The van der Waals surface area contributed by atoms with E-state index >= 15 is 0 Å². The average Bonchev–Trinajstić information content (AvgIpc) is 4.12. The molecule has 338 valence electrons. The monoisotopic (exact) mass is 924 g/mol. The number of nitrogens with zero attached hydrogens (tertiary/aromatic N) is 2. The topological polar surface area (TPSA) is 6.48 Å². The summed E-state index contributed by atoms with van der Waals surface area (Å²) in [5.41, 5.74) is 34.4. The largest absolute Gasteiger partial charge is 0.311 e. The highest BCUT2D eigenvalue weighted by Crippen LogP contribution is 2.65. The summed E-state index contributed by atoms with van der Waals surface area (Å²) in [4.78, 5) is 5.15. The van der Waals surface area contributed by atoms with Crippen molar-refractivity contribution in [2.45, 2.75) is 24.7 Å². The summed E-state index contributed by atoms with van der Waals surface area (Å²) in [5, 5.41) is 0. The van der Waals surface area contributed by atoms with Gasteiger partial charge in [0.1, 0.15) is 0 Å². The predicted octanol–water partition coefficient (Wildman–Crippen LogP) is 15.1. The normalized spacial score (nSPS) is 15.1. The first-order valence-electron chi connectivity index (χ1n) is 25.9. The van der Waals surface area contributed by atoms with Crippen LogP contribution in [0.15, 0.2) is 237 Å². The van der Waals surface area contributed by atoms with Gasteiger partial charge < -0.3 is 9.80 Å². The fraction of sp³-hybridized carbons (Fsp3) is 0.0571. The number of rotatable bonds is 2. The van der Waals surface area contributed by atoms with Crippen molar-refractivity contribution in [3.05, 3.63) is 292 Å². The lowest BCUT2D eigenvalue weighted by atomic mass is 9.33. The van der Waals surface area contributed by atoms with Gasteiger partial charge in [0.2, 0.25) is 0 Å². The van der Waals surface area contributed by atoms with Crippen LogP contribution in [0.25, 0.3) is 44.5 Å². The van der Waals surface area contributed by atoms with Crippen LogP contribution in [0.1, 0.15) is 55.6 Å². The highest BCUT2D eigenvalue weighted by Gasteiger charge is 2.54. The van der Waals surface area contributed by atoms with Gasteiger partial charge in [0, 0.05) is 34.1 Å². The molecule has 0 N–H and O–H groups in total. The minimum Gasteiger partial charge on any atom is -0.311 e. The summed E-state index contributed by atoms with van der Waals surface area (Å²) in [6, 6.07) is 90.8. The van der Waals surface area contributed by atoms with Crippen LogP contribution in [-0.2, 0) is 10.8 Å². The molecule has 2 spiro atoms. The molecule has 0 radical (unpaired) electrons. The van der Waals surface area contributed by atoms with Gasteiger partial charge in [-0.2, -0.15) is 0 Å². The highest BCUT2D eigenvalue weighted by molar-refractivity contribution is 7.00. The van der Waals surface area contributed by atoms with E-state index in [2.05, 4.69) is 260 Å². The number of anilines is 6. The second-order valence-corrected chi connectivity index (χ2v) is 21.2. The number of aryl methyl sites for hydroxylation is 2. The van der Waals surface area contributed by atoms with Gasteiger partial charge in [-0.1, -0.05) is 199 Å². The van der Waals surface area contributed by atoms with Gasteiger partial charge in [-0.05, 0) is 168 Å². The van der Waals surface area contributed by atoms with Crippen LogP contribution in [0.2, 0.25) is 0 Å². The van der Waals surface area contributed by atoms with Crippen molar-refractivity contribution >= 4 is 57.2 Å². The Hall–Kier alpha value is -8.92. The molecule has 73 heavy (non-hydrogen) atoms. The molecule has 4 aliphatic carbocycles. The summed E-state index contributed by atoms with van der Waals surface area (Å²) < 4.78 is 0. The first-order valence-corrected chi connectivity index (χ1v) is 25.9. The van der Waals surface area contributed by atoms with Crippen LogP contribution in [-0.4, -0.2) is 6.71 Å². The molecule has 0 aromatic heterocycles. The smallest absolute Gasteiger partial charge is 0.252 e. The zero-order chi connectivity index (χ0) is 47.9. The Kier molecular flexibility index (Phi) is 7.59. The molecule has 6 aliphatic rings. The second-order valence-electron chi connectivity index (χ2n) is 21.2. The van der Waals surface area contributed by atoms with Crippen molar-refractivity contribution in [3.8, 4) is 44.5 Å². The molecule has 2 aliphatic heterocycles. The van der Waals surface area contributed by atoms with Crippen molar-refractivity contribution in [1.29, 1.82) is 0 Å². The first kappa shape index (κ1) is 39.8. The van der Waals surface area contributed by atoms with E-state index in [9.17, 15) is 0 Å². The molecule has 2 heterocycles. The third kappa shape index (κ3) is 4.73. The summed E-state index contributed by atoms with van der Waals surface area (Å²) >= 11 is 0. The highest BCUT2D eigenvalue weighted by atomic mass is 15.2. The Morgan fingerprint density at radius 1 is 0.274 bits per heavy atom. The van der Waals surface area contributed by atoms with Gasteiger partial charge in [-0.15, -0.1) is 0 Å². The van der Waals surface area contributed by atoms with Crippen molar-refractivity contribution in [3.63, 3.8) is 0 Å². The maximum atomic E-state index is 2.57. The van der Waals surface area contributed by atoms with Gasteiger partial charge in [0.15, 0.2) is 0 Å². The second kappa shape index (κ2) is 13.9. The molecule has 0 saturated carbocycles. The van der Waals surface area contributed by atoms with Crippen molar-refractivity contribution in [2.24, 2.45) is 0 Å². The van der Waals surface area contributed by atoms with Crippen LogP contribution in [0.4, 0.5) is 34.1 Å². The summed E-state index contributed by atoms with van der Waals surface area (Å²) in [5.74, 6) is 0. The lowest BCUT2D eigenvalue weighted by Gasteiger charge is -2.44. The Bertz CT molecular complexity index is 3930. The molecule has 2 nitrogen and oxygen atoms in total. The molecule has 0 fully saturated rings. The van der Waals surface area contributed by atoms with Gasteiger partial charge in [0.25, 0.3) is 6.71 Å². The standard InChI is InChI=1S/C70H45BN2/c1-42-30-36-64-62(38-42)71-63-39-43(2)31-37-65(63)73(45-33-35-61-53(41-45)51-21-8-14-27-59(51)70(61)56-24-11-5-18-48(56)49-19-6-12-25-57(49)70)67-29-15-28-66(68(67)71)72(64)44-32-34-60-52(40-44)50-20-7-13-26-58(50)69(60)54-22-9-3-16-46(54)47-17-4-10-23-55(47)69/h3-41H,1-2H3. The van der Waals surface area contributed by atoms with Crippen molar-refractivity contribution < 1.29 is 0 Å². The van der Waals surface area contributed by atoms with Gasteiger partial charge in [-0.25, -0.2) is 0 Å². The van der Waals surface area contributed by atoms with E-state index in [4.69, 9.17) is 0 Å². The third-order valence-corrected chi connectivity index (χ3v) is 17.8. The maximum absolute atomic E-state index is 2.57. The number of hydrogen-bond acceptors (Lipinski definition) is 2. The molecule has 11 aromatic carbocycles. The van der Waals surface area contributed by atoms with Gasteiger partial charge >= 0.3 is 0 Å². The molecule has 0 bridgehead atoms. The molecule has 0 atom stereocenters. The Balaban J connectivity index is 0.886. The number of benzene rings is 11. The summed E-state index contributed by atoms with van der Waals surface area (Å²) in [7, 11) is 0. The van der Waals surface area contributed by atoms with Crippen LogP contribution in [0, 0.1) is 13.8 Å². The fourth-order valence-electron chi connectivity index (χ4n) is 15.2. The lowest BCUT2D eigenvalue weighted by Crippen LogP contribution is -2.61. The first-order chi connectivity index (χ1) is 36.0. The quantitative estimate of drug-likeness (QED) is 0.159. The maximum Gasteiger partial charge on any atom is 0.252 e. The van der Waals surface area contributed by atoms with E-state index in [0.29, 0.717) is 0 Å². The van der Waals surface area contributed by atoms with E-state index in [1.165, 1.54) is 151 Å². The number of hydrogen-bond donors (Lipinski definition) is 0. The molecule has 0 unspecified atom stereocenters. The molecule has 17 rings (SSSR count). The van der Waals surface area contributed by atoms with Gasteiger partial charge in [-0.3, -0.25) is 0 Å². The summed E-state index contributed by atoms with van der Waals surface area (Å²) in [6.45, 7) is 4.54. The van der Waals surface area contributed by atoms with Crippen molar-refractivity contribution in [1.82, 2.24) is 0 Å². The van der Waals surface area contributed by atoms with Crippen LogP contribution < -0.4 is 26.2 Å². The minimum absolute atomic E-state index is 0.0401. The zero-order valence-corrected chi connectivity index (χ0v) is 40.5. The zero-order valence-electron chi connectivity index (χ0n) is 40.5. The molecule has 0 amide bonds. The average molecular weight is 925 g/mol. The molecular weight excluding hydrogens is 880 g/mol. The fourth-order valence-corrected chi connectivity index (χ4v) is 15.2. The van der Waals surface area contributed by atoms with Crippen molar-refractivity contribution in [2.75, 3.05) is 9.80 Å². The lowest BCUT2D eigenvalue weighted by molar-refractivity contribution is 0.794. The van der Waals surface area contributed by atoms with E-state index in [1.54, 1.807) is 0 Å². The SMILES string of the molecule is Cc1ccc2c(c1)B1c3cc(C)ccc3N(c3ccc4c(c3)-c3ccccc3C43c4ccccc4-c4ccccc43)c3cccc(c31)N2c1ccc2c(c1)-c1ccccc1C21c2ccccc2-c2ccccc21. The van der Waals surface area contributed by atoms with E-state index < -0.39 is 10.8 Å². The summed E-state index contributed by atoms with van der Waals surface area (Å²) in [6.07, 6.45) is 0. The number of fused-ring (bicyclic) bond motifs is 24. The third-order valence-electron chi connectivity index (χ3n) is 17.8. The molecular formula is C70H45BN2. The van der Waals surface area contributed by atoms with E-state index in [-0.39, 0.29) is 6.71 Å². The van der Waals surface area contributed by atoms with Gasteiger partial charge in [0.05, 0.1) is 10.8 Å². The molecule has 11 aromatic rings. The molecule has 3 heteroatoms. The van der Waals surface area contributed by atoms with E-state index in [1.807, 2.05) is 0 Å². The van der Waals surface area contributed by atoms with Crippen LogP contribution in [0.3, 0.4) is 0 Å². The van der Waals surface area contributed by atoms with Crippen LogP contribution in [0.5, 0.6) is 0 Å². The predicted molar refractivity (Wildman–Crippen MR) is 303 cm³/mol. The minimum atomic E-state index is -0.395. The molecule has 0 saturated heterocycles.